The summed E-state index contributed by atoms with van der Waals surface area (Å²) in [5.74, 6) is 0.0114. The lowest BCUT2D eigenvalue weighted by Gasteiger charge is -2.25. The molecule has 90 valence electrons. The van der Waals surface area contributed by atoms with E-state index >= 15 is 0 Å². The van der Waals surface area contributed by atoms with Gasteiger partial charge in [0.05, 0.1) is 11.8 Å². The van der Waals surface area contributed by atoms with Gasteiger partial charge in [0.15, 0.2) is 0 Å². The second kappa shape index (κ2) is 4.79. The van der Waals surface area contributed by atoms with Gasteiger partial charge in [0, 0.05) is 25.3 Å². The van der Waals surface area contributed by atoms with E-state index in [9.17, 15) is 9.59 Å². The van der Waals surface area contributed by atoms with Crippen LogP contribution < -0.4 is 10.2 Å². The second-order valence-electron chi connectivity index (χ2n) is 4.11. The van der Waals surface area contributed by atoms with Crippen molar-refractivity contribution in [3.63, 3.8) is 0 Å². The van der Waals surface area contributed by atoms with Gasteiger partial charge in [-0.2, -0.15) is 0 Å². The first-order valence-corrected chi connectivity index (χ1v) is 6.22. The second-order valence-corrected chi connectivity index (χ2v) is 5.29. The zero-order chi connectivity index (χ0) is 12.4. The van der Waals surface area contributed by atoms with Gasteiger partial charge in [-0.05, 0) is 12.1 Å². The molecule has 0 unspecified atom stereocenters. The number of nitrogens with one attached hydrogen (secondary N) is 1. The summed E-state index contributed by atoms with van der Waals surface area (Å²) in [6.07, 6.45) is 0.434. The molecule has 0 bridgehead atoms. The predicted molar refractivity (Wildman–Crippen MR) is 69.2 cm³/mol. The van der Waals surface area contributed by atoms with Crippen molar-refractivity contribution in [1.82, 2.24) is 5.32 Å². The lowest BCUT2D eigenvalue weighted by molar-refractivity contribution is -0.126. The summed E-state index contributed by atoms with van der Waals surface area (Å²) in [7, 11) is 3.87. The quantitative estimate of drug-likeness (QED) is 0.825. The Morgan fingerprint density at radius 1 is 1.47 bits per heavy atom. The molecule has 0 spiro atoms. The van der Waals surface area contributed by atoms with Crippen molar-refractivity contribution in [3.8, 4) is 0 Å². The molecule has 0 radical (unpaired) electrons. The Labute approximate surface area is 104 Å². The summed E-state index contributed by atoms with van der Waals surface area (Å²) in [5.41, 5.74) is 1.66. The summed E-state index contributed by atoms with van der Waals surface area (Å²) < 4.78 is 0. The number of thioether (sulfide) groups is 1. The first kappa shape index (κ1) is 12.0. The van der Waals surface area contributed by atoms with Gasteiger partial charge in [0.1, 0.15) is 0 Å². The molecule has 0 aromatic heterocycles. The highest BCUT2D eigenvalue weighted by Gasteiger charge is 2.28. The van der Waals surface area contributed by atoms with Crippen LogP contribution in [0.1, 0.15) is 16.8 Å². The SMILES string of the molecule is CN(C)c1cccc(C(=O)S[C@@H]2CC(=O)N2)c1. The van der Waals surface area contributed by atoms with E-state index in [4.69, 9.17) is 0 Å². The van der Waals surface area contributed by atoms with Crippen molar-refractivity contribution < 1.29 is 9.59 Å². The minimum atomic E-state index is -0.0574. The van der Waals surface area contributed by atoms with Crippen molar-refractivity contribution in [1.29, 1.82) is 0 Å². The van der Waals surface area contributed by atoms with Crippen LogP contribution in [0.4, 0.5) is 5.69 Å². The van der Waals surface area contributed by atoms with Crippen molar-refractivity contribution >= 4 is 28.5 Å². The van der Waals surface area contributed by atoms with Crippen LogP contribution in [0.25, 0.3) is 0 Å². The fourth-order valence-corrected chi connectivity index (χ4v) is 2.45. The molecule has 4 nitrogen and oxygen atoms in total. The van der Waals surface area contributed by atoms with Gasteiger partial charge in [-0.1, -0.05) is 23.9 Å². The molecule has 1 aliphatic rings. The van der Waals surface area contributed by atoms with Gasteiger partial charge in [-0.15, -0.1) is 0 Å². The van der Waals surface area contributed by atoms with E-state index in [0.29, 0.717) is 12.0 Å². The number of carbonyl (C=O) groups is 2. The van der Waals surface area contributed by atoms with Crippen LogP contribution in [0.15, 0.2) is 24.3 Å². The molecule has 5 heteroatoms. The fourth-order valence-electron chi connectivity index (χ4n) is 1.51. The molecule has 1 aromatic carbocycles. The van der Waals surface area contributed by atoms with E-state index in [1.807, 2.05) is 37.2 Å². The van der Waals surface area contributed by atoms with E-state index in [0.717, 1.165) is 5.69 Å². The molecule has 1 atom stereocenters. The number of nitrogens with zero attached hydrogens (tertiary/aromatic N) is 1. The number of hydrogen-bond acceptors (Lipinski definition) is 4. The summed E-state index contributed by atoms with van der Waals surface area (Å²) >= 11 is 1.17. The van der Waals surface area contributed by atoms with E-state index in [1.54, 1.807) is 6.07 Å². The maximum atomic E-state index is 11.9. The molecular formula is C12H14N2O2S. The lowest BCUT2D eigenvalue weighted by Crippen LogP contribution is -2.46. The maximum Gasteiger partial charge on any atom is 0.223 e. The van der Waals surface area contributed by atoms with Crippen LogP contribution in [0, 0.1) is 0 Å². The summed E-state index contributed by atoms with van der Waals surface area (Å²) in [6, 6.07) is 7.47. The van der Waals surface area contributed by atoms with Crippen LogP contribution >= 0.6 is 11.8 Å². The van der Waals surface area contributed by atoms with Gasteiger partial charge in [0.25, 0.3) is 0 Å². The third-order valence-corrected chi connectivity index (χ3v) is 3.56. The molecule has 2 rings (SSSR count). The number of rotatable bonds is 3. The Hall–Kier alpha value is -1.49. The Morgan fingerprint density at radius 2 is 2.18 bits per heavy atom. The van der Waals surface area contributed by atoms with Crippen LogP contribution in [0.3, 0.4) is 0 Å². The molecule has 0 saturated carbocycles. The third-order valence-electron chi connectivity index (χ3n) is 2.54. The molecule has 1 heterocycles. The van der Waals surface area contributed by atoms with E-state index in [2.05, 4.69) is 5.32 Å². The zero-order valence-corrected chi connectivity index (χ0v) is 10.6. The molecule has 1 saturated heterocycles. The highest BCUT2D eigenvalue weighted by molar-refractivity contribution is 8.14. The number of benzene rings is 1. The standard InChI is InChI=1S/C12H14N2O2S/c1-14(2)9-5-3-4-8(6-9)12(16)17-11-7-10(15)13-11/h3-6,11H,7H2,1-2H3,(H,13,15)/t11-/m1/s1. The normalized spacial score (nSPS) is 18.2. The third kappa shape index (κ3) is 2.79. The lowest BCUT2D eigenvalue weighted by atomic mass is 10.2. The predicted octanol–water partition coefficient (Wildman–Crippen LogP) is 1.47. The smallest absolute Gasteiger partial charge is 0.223 e. The number of anilines is 1. The van der Waals surface area contributed by atoms with Crippen molar-refractivity contribution in [2.45, 2.75) is 11.8 Å². The number of hydrogen-bond donors (Lipinski definition) is 1. The van der Waals surface area contributed by atoms with Crippen molar-refractivity contribution in [3.05, 3.63) is 29.8 Å². The Bertz CT molecular complexity index is 452. The molecule has 1 N–H and O–H groups in total. The Kier molecular flexibility index (Phi) is 3.38. The average Bonchev–Trinajstić information content (AvgIpc) is 2.27. The Morgan fingerprint density at radius 3 is 2.76 bits per heavy atom. The van der Waals surface area contributed by atoms with Crippen LogP contribution in [-0.4, -0.2) is 30.5 Å². The first-order chi connectivity index (χ1) is 8.06. The van der Waals surface area contributed by atoms with E-state index < -0.39 is 0 Å². The minimum Gasteiger partial charge on any atom is -0.378 e. The molecule has 1 amide bonds. The number of carbonyl (C=O) groups excluding carboxylic acids is 2. The van der Waals surface area contributed by atoms with Crippen LogP contribution in [0.5, 0.6) is 0 Å². The molecule has 1 aromatic rings. The van der Waals surface area contributed by atoms with Gasteiger partial charge in [0.2, 0.25) is 11.0 Å². The highest BCUT2D eigenvalue weighted by atomic mass is 32.2. The largest absolute Gasteiger partial charge is 0.378 e. The van der Waals surface area contributed by atoms with Crippen molar-refractivity contribution in [2.24, 2.45) is 0 Å². The zero-order valence-electron chi connectivity index (χ0n) is 9.77. The summed E-state index contributed by atoms with van der Waals surface area (Å²) in [4.78, 5) is 24.6. The Balaban J connectivity index is 2.03. The van der Waals surface area contributed by atoms with Crippen LogP contribution in [0.2, 0.25) is 0 Å². The number of β-lactam (4-membered cyclic amide) rings is 1. The van der Waals surface area contributed by atoms with Crippen molar-refractivity contribution in [2.75, 3.05) is 19.0 Å². The number of amides is 1. The monoisotopic (exact) mass is 250 g/mol. The van der Waals surface area contributed by atoms with E-state index in [1.165, 1.54) is 11.8 Å². The molecule has 1 fully saturated rings. The highest BCUT2D eigenvalue weighted by Crippen LogP contribution is 2.25. The van der Waals surface area contributed by atoms with Gasteiger partial charge < -0.3 is 10.2 Å². The molecule has 1 aliphatic heterocycles. The fraction of sp³-hybridized carbons (Fsp3) is 0.333. The average molecular weight is 250 g/mol. The molecule has 0 aliphatic carbocycles. The van der Waals surface area contributed by atoms with E-state index in [-0.39, 0.29) is 16.4 Å². The topological polar surface area (TPSA) is 49.4 Å². The summed E-state index contributed by atoms with van der Waals surface area (Å²) in [5, 5.41) is 2.61. The minimum absolute atomic E-state index is 0.00120. The molecular weight excluding hydrogens is 236 g/mol. The molecule has 17 heavy (non-hydrogen) atoms. The maximum absolute atomic E-state index is 11.9. The van der Waals surface area contributed by atoms with Crippen LogP contribution in [-0.2, 0) is 4.79 Å². The summed E-state index contributed by atoms with van der Waals surface area (Å²) in [6.45, 7) is 0. The van der Waals surface area contributed by atoms with Gasteiger partial charge in [-0.3, -0.25) is 9.59 Å². The van der Waals surface area contributed by atoms with Gasteiger partial charge >= 0.3 is 0 Å². The van der Waals surface area contributed by atoms with Gasteiger partial charge in [-0.25, -0.2) is 0 Å². The first-order valence-electron chi connectivity index (χ1n) is 5.34.